The Morgan fingerprint density at radius 1 is 1.47 bits per heavy atom. The summed E-state index contributed by atoms with van der Waals surface area (Å²) in [6.07, 6.45) is 5.27. The highest BCUT2D eigenvalue weighted by molar-refractivity contribution is 7.14. The van der Waals surface area contributed by atoms with Crippen molar-refractivity contribution in [3.63, 3.8) is 0 Å². The van der Waals surface area contributed by atoms with Crippen LogP contribution in [0.1, 0.15) is 6.42 Å². The smallest absolute Gasteiger partial charge is 0.327 e. The SMILES string of the molecule is C#CCC(Nc1nc(-c2ccccc2)cs1)C(=O)O. The summed E-state index contributed by atoms with van der Waals surface area (Å²) in [6.45, 7) is 0. The molecule has 19 heavy (non-hydrogen) atoms. The summed E-state index contributed by atoms with van der Waals surface area (Å²) in [7, 11) is 0. The van der Waals surface area contributed by atoms with E-state index in [-0.39, 0.29) is 6.42 Å². The number of benzene rings is 1. The standard InChI is InChI=1S/C14H12N2O2S/c1-2-6-11(13(17)18)15-14-16-12(9-19-14)10-7-4-3-5-8-10/h1,3-5,7-9,11H,6H2,(H,15,16)(H,17,18). The number of terminal acetylenes is 1. The third-order valence-corrected chi connectivity index (χ3v) is 3.27. The monoisotopic (exact) mass is 272 g/mol. The van der Waals surface area contributed by atoms with Gasteiger partial charge in [0.05, 0.1) is 5.69 Å². The highest BCUT2D eigenvalue weighted by atomic mass is 32.1. The molecular formula is C14H12N2O2S. The molecule has 0 saturated heterocycles. The van der Waals surface area contributed by atoms with Crippen LogP contribution in [0.4, 0.5) is 5.13 Å². The summed E-state index contributed by atoms with van der Waals surface area (Å²) < 4.78 is 0. The summed E-state index contributed by atoms with van der Waals surface area (Å²) in [5.41, 5.74) is 1.81. The van der Waals surface area contributed by atoms with Gasteiger partial charge in [0.25, 0.3) is 0 Å². The number of hydrogen-bond acceptors (Lipinski definition) is 4. The van der Waals surface area contributed by atoms with Crippen molar-refractivity contribution in [2.75, 3.05) is 5.32 Å². The first-order chi connectivity index (χ1) is 9.20. The minimum atomic E-state index is -0.977. The van der Waals surface area contributed by atoms with Crippen molar-refractivity contribution < 1.29 is 9.90 Å². The first-order valence-electron chi connectivity index (χ1n) is 5.64. The van der Waals surface area contributed by atoms with E-state index in [9.17, 15) is 4.79 Å². The van der Waals surface area contributed by atoms with Crippen molar-refractivity contribution in [2.45, 2.75) is 12.5 Å². The molecular weight excluding hydrogens is 260 g/mol. The first-order valence-corrected chi connectivity index (χ1v) is 6.52. The molecule has 0 radical (unpaired) electrons. The molecule has 0 bridgehead atoms. The largest absolute Gasteiger partial charge is 0.480 e. The van der Waals surface area contributed by atoms with Gasteiger partial charge in [-0.2, -0.15) is 0 Å². The zero-order valence-electron chi connectivity index (χ0n) is 10.0. The van der Waals surface area contributed by atoms with E-state index in [1.807, 2.05) is 35.7 Å². The molecule has 96 valence electrons. The minimum Gasteiger partial charge on any atom is -0.480 e. The zero-order valence-corrected chi connectivity index (χ0v) is 10.9. The third-order valence-electron chi connectivity index (χ3n) is 2.49. The molecule has 0 aliphatic carbocycles. The summed E-state index contributed by atoms with van der Waals surface area (Å²) in [4.78, 5) is 15.3. The van der Waals surface area contributed by atoms with Crippen LogP contribution in [0.2, 0.25) is 0 Å². The molecule has 0 spiro atoms. The van der Waals surface area contributed by atoms with E-state index in [0.29, 0.717) is 5.13 Å². The number of carbonyl (C=O) groups is 1. The molecule has 0 saturated carbocycles. The van der Waals surface area contributed by atoms with E-state index in [1.54, 1.807) is 0 Å². The number of carboxylic acid groups (broad SMARTS) is 1. The molecule has 0 aliphatic heterocycles. The fraction of sp³-hybridized carbons (Fsp3) is 0.143. The number of anilines is 1. The molecule has 1 aromatic carbocycles. The van der Waals surface area contributed by atoms with E-state index < -0.39 is 12.0 Å². The average Bonchev–Trinajstić information content (AvgIpc) is 2.88. The van der Waals surface area contributed by atoms with Crippen LogP contribution in [0.25, 0.3) is 11.3 Å². The van der Waals surface area contributed by atoms with Crippen LogP contribution in [0, 0.1) is 12.3 Å². The molecule has 4 nitrogen and oxygen atoms in total. The van der Waals surface area contributed by atoms with Crippen LogP contribution in [-0.4, -0.2) is 22.1 Å². The van der Waals surface area contributed by atoms with E-state index in [1.165, 1.54) is 11.3 Å². The number of carboxylic acids is 1. The summed E-state index contributed by atoms with van der Waals surface area (Å²) >= 11 is 1.36. The van der Waals surface area contributed by atoms with Crippen molar-refractivity contribution >= 4 is 22.4 Å². The summed E-state index contributed by atoms with van der Waals surface area (Å²) in [5.74, 6) is 1.36. The van der Waals surface area contributed by atoms with E-state index >= 15 is 0 Å². The minimum absolute atomic E-state index is 0.121. The van der Waals surface area contributed by atoms with Gasteiger partial charge < -0.3 is 10.4 Å². The Bertz CT molecular complexity index is 601. The maximum Gasteiger partial charge on any atom is 0.327 e. The zero-order chi connectivity index (χ0) is 13.7. The molecule has 1 heterocycles. The lowest BCUT2D eigenvalue weighted by molar-refractivity contribution is -0.137. The number of aromatic nitrogens is 1. The molecule has 1 aromatic heterocycles. The van der Waals surface area contributed by atoms with Gasteiger partial charge in [0.15, 0.2) is 5.13 Å². The second-order valence-corrected chi connectivity index (χ2v) is 4.71. The maximum absolute atomic E-state index is 11.0. The quantitative estimate of drug-likeness (QED) is 0.821. The Hall–Kier alpha value is -2.32. The Labute approximate surface area is 115 Å². The fourth-order valence-electron chi connectivity index (χ4n) is 1.55. The van der Waals surface area contributed by atoms with Crippen LogP contribution < -0.4 is 5.32 Å². The summed E-state index contributed by atoms with van der Waals surface area (Å²) in [6, 6.07) is 8.90. The van der Waals surface area contributed by atoms with Gasteiger partial charge in [0.2, 0.25) is 0 Å². The van der Waals surface area contributed by atoms with Gasteiger partial charge in [-0.05, 0) is 0 Å². The first kappa shape index (κ1) is 13.1. The number of aliphatic carboxylic acids is 1. The lowest BCUT2D eigenvalue weighted by Crippen LogP contribution is -2.28. The van der Waals surface area contributed by atoms with Gasteiger partial charge in [-0.3, -0.25) is 0 Å². The normalized spacial score (nSPS) is 11.5. The molecule has 1 atom stereocenters. The summed E-state index contributed by atoms with van der Waals surface area (Å²) in [5, 5.41) is 14.3. The van der Waals surface area contributed by atoms with Gasteiger partial charge in [-0.25, -0.2) is 9.78 Å². The number of rotatable bonds is 5. The van der Waals surface area contributed by atoms with E-state index in [2.05, 4.69) is 16.2 Å². The molecule has 0 fully saturated rings. The molecule has 2 N–H and O–H groups in total. The van der Waals surface area contributed by atoms with Crippen LogP contribution in [0.15, 0.2) is 35.7 Å². The Balaban J connectivity index is 2.13. The molecule has 2 rings (SSSR count). The van der Waals surface area contributed by atoms with E-state index in [4.69, 9.17) is 11.5 Å². The van der Waals surface area contributed by atoms with Gasteiger partial charge in [0, 0.05) is 17.4 Å². The Morgan fingerprint density at radius 3 is 2.84 bits per heavy atom. The van der Waals surface area contributed by atoms with E-state index in [0.717, 1.165) is 11.3 Å². The Kier molecular flexibility index (Phi) is 4.16. The highest BCUT2D eigenvalue weighted by Crippen LogP contribution is 2.25. The maximum atomic E-state index is 11.0. The molecule has 2 aromatic rings. The molecule has 0 aliphatic rings. The fourth-order valence-corrected chi connectivity index (χ4v) is 2.32. The van der Waals surface area contributed by atoms with Crippen LogP contribution >= 0.6 is 11.3 Å². The van der Waals surface area contributed by atoms with Gasteiger partial charge in [0.1, 0.15) is 6.04 Å². The van der Waals surface area contributed by atoms with Crippen molar-refractivity contribution in [2.24, 2.45) is 0 Å². The van der Waals surface area contributed by atoms with Gasteiger partial charge in [-0.15, -0.1) is 23.7 Å². The molecule has 1 unspecified atom stereocenters. The van der Waals surface area contributed by atoms with Crippen molar-refractivity contribution in [1.29, 1.82) is 0 Å². The van der Waals surface area contributed by atoms with Gasteiger partial charge >= 0.3 is 5.97 Å². The number of nitrogens with zero attached hydrogens (tertiary/aromatic N) is 1. The second-order valence-electron chi connectivity index (χ2n) is 3.85. The van der Waals surface area contributed by atoms with Crippen LogP contribution in [0.5, 0.6) is 0 Å². The van der Waals surface area contributed by atoms with Crippen molar-refractivity contribution in [1.82, 2.24) is 4.98 Å². The lowest BCUT2D eigenvalue weighted by atomic mass is 10.2. The van der Waals surface area contributed by atoms with Crippen LogP contribution in [-0.2, 0) is 4.79 Å². The van der Waals surface area contributed by atoms with Gasteiger partial charge in [-0.1, -0.05) is 30.3 Å². The highest BCUT2D eigenvalue weighted by Gasteiger charge is 2.17. The predicted octanol–water partition coefficient (Wildman–Crippen LogP) is 2.70. The molecule has 0 amide bonds. The van der Waals surface area contributed by atoms with Crippen LogP contribution in [0.3, 0.4) is 0 Å². The molecule has 5 heteroatoms. The average molecular weight is 272 g/mol. The van der Waals surface area contributed by atoms with Crippen molar-refractivity contribution in [3.05, 3.63) is 35.7 Å². The number of hydrogen-bond donors (Lipinski definition) is 2. The Morgan fingerprint density at radius 2 is 2.21 bits per heavy atom. The lowest BCUT2D eigenvalue weighted by Gasteiger charge is -2.09. The predicted molar refractivity (Wildman–Crippen MR) is 76.0 cm³/mol. The van der Waals surface area contributed by atoms with Crippen molar-refractivity contribution in [3.8, 4) is 23.6 Å². The third kappa shape index (κ3) is 3.33. The number of nitrogens with one attached hydrogen (secondary N) is 1. The second kappa shape index (κ2) is 6.03. The number of thiazole rings is 1. The topological polar surface area (TPSA) is 62.2 Å².